The first-order valence-corrected chi connectivity index (χ1v) is 7.18. The third-order valence-electron chi connectivity index (χ3n) is 3.08. The summed E-state index contributed by atoms with van der Waals surface area (Å²) in [7, 11) is 0. The summed E-state index contributed by atoms with van der Waals surface area (Å²) >= 11 is 0. The highest BCUT2D eigenvalue weighted by Gasteiger charge is 2.35. The van der Waals surface area contributed by atoms with Gasteiger partial charge in [-0.15, -0.1) is 0 Å². The molecule has 0 heterocycles. The minimum absolute atomic E-state index is 0.0583. The largest absolute Gasteiger partial charge is 0.478 e. The molecule has 2 N–H and O–H groups in total. The Balaban J connectivity index is 2.68. The standard InChI is InChI=1S/C16H21NO6/c1-10(2)13(14(15(19)20)23-11(3)18)17-16(21)22-9-12-7-5-4-6-8-12/h4-8,10,13-14H,9H2,1-3H3,(H,17,21)(H,19,20)/t13-,14-/m0/s1. The summed E-state index contributed by atoms with van der Waals surface area (Å²) in [5, 5.41) is 11.6. The molecule has 7 nitrogen and oxygen atoms in total. The molecular weight excluding hydrogens is 302 g/mol. The normalized spacial score (nSPS) is 13.0. The monoisotopic (exact) mass is 323 g/mol. The van der Waals surface area contributed by atoms with E-state index in [0.29, 0.717) is 0 Å². The molecule has 0 unspecified atom stereocenters. The molecule has 0 spiro atoms. The minimum atomic E-state index is -1.48. The van der Waals surface area contributed by atoms with E-state index in [2.05, 4.69) is 5.32 Å². The third-order valence-corrected chi connectivity index (χ3v) is 3.08. The molecule has 0 aromatic heterocycles. The number of nitrogens with one attached hydrogen (secondary N) is 1. The molecule has 0 aliphatic heterocycles. The van der Waals surface area contributed by atoms with E-state index >= 15 is 0 Å². The van der Waals surface area contributed by atoms with Crippen LogP contribution in [0.3, 0.4) is 0 Å². The van der Waals surface area contributed by atoms with Crippen LogP contribution >= 0.6 is 0 Å². The molecule has 1 aromatic carbocycles. The maximum atomic E-state index is 11.9. The number of esters is 1. The number of amides is 1. The highest BCUT2D eigenvalue weighted by molar-refractivity contribution is 5.79. The van der Waals surface area contributed by atoms with Crippen molar-refractivity contribution in [2.24, 2.45) is 5.92 Å². The fourth-order valence-electron chi connectivity index (χ4n) is 1.95. The summed E-state index contributed by atoms with van der Waals surface area (Å²) in [6, 6.07) is 8.16. The van der Waals surface area contributed by atoms with Gasteiger partial charge in [-0.3, -0.25) is 4.79 Å². The second-order valence-corrected chi connectivity index (χ2v) is 5.34. The molecule has 1 amide bonds. The molecule has 0 aliphatic carbocycles. The van der Waals surface area contributed by atoms with E-state index in [9.17, 15) is 19.5 Å². The van der Waals surface area contributed by atoms with Crippen LogP contribution in [-0.4, -0.2) is 35.3 Å². The van der Waals surface area contributed by atoms with Crippen molar-refractivity contribution in [2.75, 3.05) is 0 Å². The number of benzene rings is 1. The van der Waals surface area contributed by atoms with Gasteiger partial charge in [-0.25, -0.2) is 9.59 Å². The molecule has 23 heavy (non-hydrogen) atoms. The molecule has 0 saturated carbocycles. The second kappa shape index (κ2) is 8.77. The molecule has 2 atom stereocenters. The van der Waals surface area contributed by atoms with Gasteiger partial charge in [0.05, 0.1) is 6.04 Å². The van der Waals surface area contributed by atoms with Gasteiger partial charge in [-0.1, -0.05) is 44.2 Å². The van der Waals surface area contributed by atoms with Gasteiger partial charge in [0.15, 0.2) is 0 Å². The lowest BCUT2D eigenvalue weighted by Gasteiger charge is -2.27. The smallest absolute Gasteiger partial charge is 0.407 e. The van der Waals surface area contributed by atoms with Gasteiger partial charge in [0.1, 0.15) is 6.61 Å². The summed E-state index contributed by atoms with van der Waals surface area (Å²) in [5.74, 6) is -2.34. The number of hydrogen-bond acceptors (Lipinski definition) is 5. The van der Waals surface area contributed by atoms with Crippen molar-refractivity contribution < 1.29 is 29.0 Å². The van der Waals surface area contributed by atoms with E-state index in [1.54, 1.807) is 26.0 Å². The van der Waals surface area contributed by atoms with Crippen LogP contribution in [0.2, 0.25) is 0 Å². The second-order valence-electron chi connectivity index (χ2n) is 5.34. The van der Waals surface area contributed by atoms with Crippen molar-refractivity contribution in [3.05, 3.63) is 35.9 Å². The Bertz CT molecular complexity index is 543. The molecular formula is C16H21NO6. The van der Waals surface area contributed by atoms with Crippen molar-refractivity contribution in [1.29, 1.82) is 0 Å². The zero-order valence-corrected chi connectivity index (χ0v) is 13.3. The molecule has 0 radical (unpaired) electrons. The quantitative estimate of drug-likeness (QED) is 0.744. The Morgan fingerprint density at radius 3 is 2.26 bits per heavy atom. The Morgan fingerprint density at radius 2 is 1.78 bits per heavy atom. The lowest BCUT2D eigenvalue weighted by molar-refractivity contribution is -0.165. The van der Waals surface area contributed by atoms with Gasteiger partial charge >= 0.3 is 18.0 Å². The summed E-state index contributed by atoms with van der Waals surface area (Å²) in [5.41, 5.74) is 0.804. The number of carboxylic acid groups (broad SMARTS) is 1. The molecule has 0 bridgehead atoms. The van der Waals surface area contributed by atoms with Crippen LogP contribution in [0.25, 0.3) is 0 Å². The molecule has 0 saturated heterocycles. The highest BCUT2D eigenvalue weighted by atomic mass is 16.6. The van der Waals surface area contributed by atoms with Crippen LogP contribution in [-0.2, 0) is 25.7 Å². The molecule has 1 aromatic rings. The summed E-state index contributed by atoms with van der Waals surface area (Å²) < 4.78 is 9.85. The Morgan fingerprint density at radius 1 is 1.17 bits per heavy atom. The van der Waals surface area contributed by atoms with Crippen LogP contribution < -0.4 is 5.32 Å². The third kappa shape index (κ3) is 6.37. The summed E-state index contributed by atoms with van der Waals surface area (Å²) in [4.78, 5) is 34.2. The predicted octanol–water partition coefficient (Wildman–Crippen LogP) is 1.95. The molecule has 1 rings (SSSR count). The lowest BCUT2D eigenvalue weighted by Crippen LogP contribution is -2.51. The van der Waals surface area contributed by atoms with Crippen LogP contribution in [0.4, 0.5) is 4.79 Å². The van der Waals surface area contributed by atoms with Gasteiger partial charge in [0.25, 0.3) is 0 Å². The van der Waals surface area contributed by atoms with Gasteiger partial charge in [-0.2, -0.15) is 0 Å². The van der Waals surface area contributed by atoms with E-state index in [4.69, 9.17) is 9.47 Å². The SMILES string of the molecule is CC(=O)O[C@H](C(=O)O)[C@@H](NC(=O)OCc1ccccc1)C(C)C. The van der Waals surface area contributed by atoms with Gasteiger partial charge in [0, 0.05) is 6.92 Å². The van der Waals surface area contributed by atoms with E-state index in [1.165, 1.54) is 0 Å². The van der Waals surface area contributed by atoms with Crippen molar-refractivity contribution in [1.82, 2.24) is 5.32 Å². The minimum Gasteiger partial charge on any atom is -0.478 e. The summed E-state index contributed by atoms with van der Waals surface area (Å²) in [6.45, 7) is 4.59. The number of ether oxygens (including phenoxy) is 2. The zero-order chi connectivity index (χ0) is 17.4. The number of hydrogen-bond donors (Lipinski definition) is 2. The molecule has 0 fully saturated rings. The molecule has 7 heteroatoms. The van der Waals surface area contributed by atoms with E-state index in [1.807, 2.05) is 18.2 Å². The van der Waals surface area contributed by atoms with Crippen LogP contribution in [0.15, 0.2) is 30.3 Å². The molecule has 126 valence electrons. The number of aliphatic carboxylic acids is 1. The fraction of sp³-hybridized carbons (Fsp3) is 0.438. The first kappa shape index (κ1) is 18.5. The van der Waals surface area contributed by atoms with Crippen LogP contribution in [0.1, 0.15) is 26.3 Å². The topological polar surface area (TPSA) is 102 Å². The first-order chi connectivity index (χ1) is 10.8. The lowest BCUT2D eigenvalue weighted by atomic mass is 9.98. The fourth-order valence-corrected chi connectivity index (χ4v) is 1.95. The maximum absolute atomic E-state index is 11.9. The number of carboxylic acids is 1. The number of rotatable bonds is 7. The Hall–Kier alpha value is -2.57. The predicted molar refractivity (Wildman–Crippen MR) is 81.6 cm³/mol. The Labute approximate surface area is 134 Å². The van der Waals surface area contributed by atoms with Crippen molar-refractivity contribution >= 4 is 18.0 Å². The van der Waals surface area contributed by atoms with Crippen LogP contribution in [0, 0.1) is 5.92 Å². The van der Waals surface area contributed by atoms with Gasteiger partial charge in [0.2, 0.25) is 6.10 Å². The maximum Gasteiger partial charge on any atom is 0.407 e. The number of carbonyl (C=O) groups is 3. The Kier molecular flexibility index (Phi) is 7.05. The van der Waals surface area contributed by atoms with E-state index in [0.717, 1.165) is 12.5 Å². The van der Waals surface area contributed by atoms with Crippen molar-refractivity contribution in [3.8, 4) is 0 Å². The van der Waals surface area contributed by atoms with Crippen molar-refractivity contribution in [3.63, 3.8) is 0 Å². The van der Waals surface area contributed by atoms with Gasteiger partial charge in [-0.05, 0) is 11.5 Å². The average Bonchev–Trinajstić information content (AvgIpc) is 2.49. The van der Waals surface area contributed by atoms with E-state index < -0.39 is 30.2 Å². The van der Waals surface area contributed by atoms with E-state index in [-0.39, 0.29) is 12.5 Å². The van der Waals surface area contributed by atoms with Gasteiger partial charge < -0.3 is 19.9 Å². The number of alkyl carbamates (subject to hydrolysis) is 1. The highest BCUT2D eigenvalue weighted by Crippen LogP contribution is 2.12. The van der Waals surface area contributed by atoms with Crippen LogP contribution in [0.5, 0.6) is 0 Å². The summed E-state index contributed by atoms with van der Waals surface area (Å²) in [6.07, 6.45) is -2.25. The molecule has 0 aliphatic rings. The number of carbonyl (C=O) groups excluding carboxylic acids is 2. The van der Waals surface area contributed by atoms with Crippen molar-refractivity contribution in [2.45, 2.75) is 39.5 Å². The first-order valence-electron chi connectivity index (χ1n) is 7.18. The average molecular weight is 323 g/mol. The zero-order valence-electron chi connectivity index (χ0n) is 13.3.